The summed E-state index contributed by atoms with van der Waals surface area (Å²) in [6.07, 6.45) is 1.02. The van der Waals surface area contributed by atoms with Gasteiger partial charge in [0.05, 0.1) is 12.3 Å². The van der Waals surface area contributed by atoms with Crippen LogP contribution in [0.2, 0.25) is 0 Å². The molecule has 0 bridgehead atoms. The van der Waals surface area contributed by atoms with E-state index in [1.807, 2.05) is 13.0 Å². The molecule has 76 valence electrons. The smallest absolute Gasteiger partial charge is 0.146 e. The average molecular weight is 193 g/mol. The van der Waals surface area contributed by atoms with E-state index in [-0.39, 0.29) is 6.10 Å². The summed E-state index contributed by atoms with van der Waals surface area (Å²) in [4.78, 5) is 0. The van der Waals surface area contributed by atoms with E-state index >= 15 is 0 Å². The maximum absolute atomic E-state index is 5.87. The van der Waals surface area contributed by atoms with E-state index in [2.05, 4.69) is 6.07 Å². The molecule has 2 rings (SSSR count). The minimum atomic E-state index is 0.124. The van der Waals surface area contributed by atoms with E-state index < -0.39 is 0 Å². The minimum absolute atomic E-state index is 0.124. The molecule has 1 aromatic rings. The number of nitrogen functional groups attached to an aromatic ring is 1. The number of benzene rings is 1. The van der Waals surface area contributed by atoms with Crippen molar-refractivity contribution in [2.75, 3.05) is 19.5 Å². The summed E-state index contributed by atoms with van der Waals surface area (Å²) in [5, 5.41) is 0. The van der Waals surface area contributed by atoms with Crippen molar-refractivity contribution in [1.29, 1.82) is 0 Å². The van der Waals surface area contributed by atoms with E-state index in [0.717, 1.165) is 17.9 Å². The van der Waals surface area contributed by atoms with Gasteiger partial charge in [-0.2, -0.15) is 0 Å². The molecule has 0 spiro atoms. The van der Waals surface area contributed by atoms with Gasteiger partial charge in [0.2, 0.25) is 0 Å². The lowest BCUT2D eigenvalue weighted by Gasteiger charge is -2.09. The summed E-state index contributed by atoms with van der Waals surface area (Å²) in [5.74, 6) is 0.845. The predicted molar refractivity (Wildman–Crippen MR) is 55.6 cm³/mol. The summed E-state index contributed by atoms with van der Waals surface area (Å²) in [5.41, 5.74) is 8.98. The molecular weight excluding hydrogens is 178 g/mol. The molecule has 0 aliphatic carbocycles. The Labute approximate surface area is 83.8 Å². The second-order valence-corrected chi connectivity index (χ2v) is 3.74. The van der Waals surface area contributed by atoms with Crippen molar-refractivity contribution in [2.45, 2.75) is 19.4 Å². The topological polar surface area (TPSA) is 44.5 Å². The van der Waals surface area contributed by atoms with Crippen molar-refractivity contribution in [3.8, 4) is 5.75 Å². The minimum Gasteiger partial charge on any atom is -0.485 e. The second-order valence-electron chi connectivity index (χ2n) is 3.74. The molecule has 0 radical (unpaired) electrons. The molecule has 1 atom stereocenters. The Bertz CT molecular complexity index is 349. The first kappa shape index (κ1) is 9.34. The average Bonchev–Trinajstić information content (AvgIpc) is 2.48. The van der Waals surface area contributed by atoms with Gasteiger partial charge in [-0.1, -0.05) is 6.07 Å². The molecule has 1 aromatic carbocycles. The fraction of sp³-hybridized carbons (Fsp3) is 0.455. The molecule has 0 aromatic heterocycles. The van der Waals surface area contributed by atoms with Crippen molar-refractivity contribution in [1.82, 2.24) is 0 Å². The number of hydrogen-bond acceptors (Lipinski definition) is 3. The van der Waals surface area contributed by atoms with Gasteiger partial charge in [0.1, 0.15) is 11.9 Å². The molecule has 1 heterocycles. The van der Waals surface area contributed by atoms with Crippen LogP contribution in [0, 0.1) is 6.92 Å². The van der Waals surface area contributed by atoms with Crippen molar-refractivity contribution < 1.29 is 9.47 Å². The second kappa shape index (κ2) is 3.50. The van der Waals surface area contributed by atoms with E-state index in [1.165, 1.54) is 11.1 Å². The highest BCUT2D eigenvalue weighted by Crippen LogP contribution is 2.35. The highest BCUT2D eigenvalue weighted by Gasteiger charge is 2.24. The van der Waals surface area contributed by atoms with Crippen molar-refractivity contribution >= 4 is 5.69 Å². The first-order valence-corrected chi connectivity index (χ1v) is 4.75. The molecule has 14 heavy (non-hydrogen) atoms. The molecule has 3 nitrogen and oxygen atoms in total. The van der Waals surface area contributed by atoms with Crippen LogP contribution in [0.5, 0.6) is 5.75 Å². The number of fused-ring (bicyclic) bond motifs is 1. The molecule has 0 amide bonds. The number of anilines is 1. The molecular formula is C11H15NO2. The zero-order valence-corrected chi connectivity index (χ0v) is 8.54. The molecule has 0 saturated heterocycles. The number of rotatable bonds is 2. The lowest BCUT2D eigenvalue weighted by Crippen LogP contribution is -2.19. The maximum Gasteiger partial charge on any atom is 0.146 e. The highest BCUT2D eigenvalue weighted by molar-refractivity contribution is 5.60. The van der Waals surface area contributed by atoms with Crippen LogP contribution in [0.1, 0.15) is 11.1 Å². The Hall–Kier alpha value is -1.22. The molecule has 0 saturated carbocycles. The Morgan fingerprint density at radius 2 is 2.36 bits per heavy atom. The summed E-state index contributed by atoms with van der Waals surface area (Å²) in [6.45, 7) is 2.66. The van der Waals surface area contributed by atoms with Gasteiger partial charge in [0, 0.05) is 19.1 Å². The van der Waals surface area contributed by atoms with Gasteiger partial charge in [0.15, 0.2) is 0 Å². The van der Waals surface area contributed by atoms with Crippen LogP contribution in [0.4, 0.5) is 5.69 Å². The summed E-state index contributed by atoms with van der Waals surface area (Å²) in [7, 11) is 1.68. The molecule has 1 aliphatic heterocycles. The zero-order valence-electron chi connectivity index (χ0n) is 8.54. The van der Waals surface area contributed by atoms with Gasteiger partial charge in [-0.3, -0.25) is 0 Å². The Morgan fingerprint density at radius 1 is 1.57 bits per heavy atom. The molecule has 1 aliphatic rings. The Kier molecular flexibility index (Phi) is 2.33. The highest BCUT2D eigenvalue weighted by atomic mass is 16.5. The number of ether oxygens (including phenoxy) is 2. The molecule has 0 fully saturated rings. The lowest BCUT2D eigenvalue weighted by molar-refractivity contribution is 0.0955. The standard InChI is InChI=1S/C11H15NO2/c1-7-3-8-5-9(6-13-2)14-11(8)10(12)4-7/h3-4,9H,5-6,12H2,1-2H3/t9-/m0/s1. The first-order valence-electron chi connectivity index (χ1n) is 4.75. The third-order valence-corrected chi connectivity index (χ3v) is 2.42. The fourth-order valence-electron chi connectivity index (χ4n) is 1.91. The van der Waals surface area contributed by atoms with Gasteiger partial charge >= 0.3 is 0 Å². The normalized spacial score (nSPS) is 19.1. The number of hydrogen-bond donors (Lipinski definition) is 1. The van der Waals surface area contributed by atoms with E-state index in [4.69, 9.17) is 15.2 Å². The van der Waals surface area contributed by atoms with Gasteiger partial charge in [-0.05, 0) is 18.6 Å². The maximum atomic E-state index is 5.87. The quantitative estimate of drug-likeness (QED) is 0.724. The molecule has 0 unspecified atom stereocenters. The van der Waals surface area contributed by atoms with Crippen LogP contribution in [0.3, 0.4) is 0 Å². The lowest BCUT2D eigenvalue weighted by atomic mass is 10.1. The van der Waals surface area contributed by atoms with Crippen molar-refractivity contribution in [3.63, 3.8) is 0 Å². The number of aryl methyl sites for hydroxylation is 1. The molecule has 3 heteroatoms. The van der Waals surface area contributed by atoms with Crippen molar-refractivity contribution in [2.24, 2.45) is 0 Å². The number of nitrogens with two attached hydrogens (primary N) is 1. The summed E-state index contributed by atoms with van der Waals surface area (Å²) >= 11 is 0. The Morgan fingerprint density at radius 3 is 3.07 bits per heavy atom. The van der Waals surface area contributed by atoms with Crippen molar-refractivity contribution in [3.05, 3.63) is 23.3 Å². The van der Waals surface area contributed by atoms with Crippen LogP contribution in [0.15, 0.2) is 12.1 Å². The predicted octanol–water partition coefficient (Wildman–Crippen LogP) is 1.53. The van der Waals surface area contributed by atoms with Crippen LogP contribution >= 0.6 is 0 Å². The number of methoxy groups -OCH3 is 1. The monoisotopic (exact) mass is 193 g/mol. The third kappa shape index (κ3) is 1.55. The largest absolute Gasteiger partial charge is 0.485 e. The van der Waals surface area contributed by atoms with Crippen LogP contribution in [-0.2, 0) is 11.2 Å². The van der Waals surface area contributed by atoms with Crippen LogP contribution in [0.25, 0.3) is 0 Å². The fourth-order valence-corrected chi connectivity index (χ4v) is 1.91. The summed E-state index contributed by atoms with van der Waals surface area (Å²) in [6, 6.07) is 4.06. The summed E-state index contributed by atoms with van der Waals surface area (Å²) < 4.78 is 10.7. The van der Waals surface area contributed by atoms with Gasteiger partial charge in [-0.15, -0.1) is 0 Å². The zero-order chi connectivity index (χ0) is 10.1. The van der Waals surface area contributed by atoms with Gasteiger partial charge in [-0.25, -0.2) is 0 Å². The van der Waals surface area contributed by atoms with E-state index in [9.17, 15) is 0 Å². The van der Waals surface area contributed by atoms with Crippen LogP contribution < -0.4 is 10.5 Å². The van der Waals surface area contributed by atoms with Gasteiger partial charge in [0.25, 0.3) is 0 Å². The Balaban J connectivity index is 2.26. The van der Waals surface area contributed by atoms with Crippen LogP contribution in [-0.4, -0.2) is 19.8 Å². The SMILES string of the molecule is COC[C@@H]1Cc2cc(C)cc(N)c2O1. The first-order chi connectivity index (χ1) is 6.70. The molecule has 2 N–H and O–H groups in total. The van der Waals surface area contributed by atoms with Gasteiger partial charge < -0.3 is 15.2 Å². The third-order valence-electron chi connectivity index (χ3n) is 2.42. The van der Waals surface area contributed by atoms with E-state index in [0.29, 0.717) is 6.61 Å². The van der Waals surface area contributed by atoms with E-state index in [1.54, 1.807) is 7.11 Å².